The Labute approximate surface area is 152 Å². The van der Waals surface area contributed by atoms with Crippen LogP contribution in [0.3, 0.4) is 0 Å². The average Bonchev–Trinajstić information content (AvgIpc) is 2.54. The molecule has 0 saturated heterocycles. The lowest BCUT2D eigenvalue weighted by atomic mass is 10.2. The summed E-state index contributed by atoms with van der Waals surface area (Å²) in [5.74, 6) is -0.399. The summed E-state index contributed by atoms with van der Waals surface area (Å²) in [6, 6.07) is 6.81. The van der Waals surface area contributed by atoms with Crippen LogP contribution in [0.2, 0.25) is 0 Å². The Morgan fingerprint density at radius 1 is 1.19 bits per heavy atom. The molecule has 26 heavy (non-hydrogen) atoms. The quantitative estimate of drug-likeness (QED) is 0.845. The van der Waals surface area contributed by atoms with Gasteiger partial charge in [0.15, 0.2) is 0 Å². The molecule has 1 amide bonds. The number of hydrogen-bond acceptors (Lipinski definition) is 5. The van der Waals surface area contributed by atoms with E-state index < -0.39 is 27.7 Å². The van der Waals surface area contributed by atoms with E-state index in [1.165, 1.54) is 42.9 Å². The minimum Gasteiger partial charge on any atom is -0.324 e. The highest BCUT2D eigenvalue weighted by Gasteiger charge is 2.20. The highest BCUT2D eigenvalue weighted by Crippen LogP contribution is 2.18. The molecule has 8 nitrogen and oxygen atoms in total. The van der Waals surface area contributed by atoms with Crippen molar-refractivity contribution in [2.45, 2.75) is 31.7 Å². The molecular weight excluding hydrogens is 356 g/mol. The molecule has 1 heterocycles. The monoisotopic (exact) mass is 378 g/mol. The van der Waals surface area contributed by atoms with Crippen LogP contribution in [0, 0.1) is 13.8 Å². The summed E-state index contributed by atoms with van der Waals surface area (Å²) in [7, 11) is -0.636. The zero-order valence-electron chi connectivity index (χ0n) is 15.3. The molecule has 1 atom stereocenters. The second kappa shape index (κ2) is 7.38. The van der Waals surface area contributed by atoms with Crippen LogP contribution in [-0.4, -0.2) is 42.3 Å². The molecule has 140 valence electrons. The SMILES string of the molecule is Cc1cc(C)n(C(C)C(=O)Nc2ccc(S(=O)(=O)N(C)C)cc2)c(=O)n1. The predicted octanol–water partition coefficient (Wildman–Crippen LogP) is 1.31. The normalized spacial score (nSPS) is 12.8. The molecule has 0 aliphatic rings. The summed E-state index contributed by atoms with van der Waals surface area (Å²) in [4.78, 5) is 28.5. The molecule has 0 aliphatic heterocycles. The summed E-state index contributed by atoms with van der Waals surface area (Å²) in [6.45, 7) is 5.05. The second-order valence-corrected chi connectivity index (χ2v) is 8.32. The Balaban J connectivity index is 2.22. The van der Waals surface area contributed by atoms with Gasteiger partial charge in [-0.05, 0) is 51.1 Å². The number of carbonyl (C=O) groups is 1. The average molecular weight is 378 g/mol. The fourth-order valence-corrected chi connectivity index (χ4v) is 3.42. The first kappa shape index (κ1) is 19.8. The van der Waals surface area contributed by atoms with Crippen molar-refractivity contribution in [1.29, 1.82) is 0 Å². The van der Waals surface area contributed by atoms with Crippen molar-refractivity contribution in [3.05, 3.63) is 52.2 Å². The Hall–Kier alpha value is -2.52. The number of aromatic nitrogens is 2. The van der Waals surface area contributed by atoms with Gasteiger partial charge in [0.2, 0.25) is 15.9 Å². The molecule has 0 bridgehead atoms. The number of amides is 1. The minimum atomic E-state index is -3.53. The summed E-state index contributed by atoms with van der Waals surface area (Å²) < 4.78 is 26.5. The number of sulfonamides is 1. The van der Waals surface area contributed by atoms with Gasteiger partial charge in [-0.15, -0.1) is 0 Å². The third-order valence-corrected chi connectivity index (χ3v) is 5.77. The van der Waals surface area contributed by atoms with Crippen molar-refractivity contribution in [1.82, 2.24) is 13.9 Å². The van der Waals surface area contributed by atoms with E-state index >= 15 is 0 Å². The first-order chi connectivity index (χ1) is 12.0. The molecule has 0 aliphatic carbocycles. The van der Waals surface area contributed by atoms with Crippen molar-refractivity contribution in [3.63, 3.8) is 0 Å². The zero-order valence-corrected chi connectivity index (χ0v) is 16.2. The van der Waals surface area contributed by atoms with E-state index in [2.05, 4.69) is 10.3 Å². The Kier molecular flexibility index (Phi) is 5.62. The Morgan fingerprint density at radius 3 is 2.27 bits per heavy atom. The van der Waals surface area contributed by atoms with Crippen LogP contribution in [0.5, 0.6) is 0 Å². The molecule has 1 aromatic carbocycles. The van der Waals surface area contributed by atoms with Crippen molar-refractivity contribution in [3.8, 4) is 0 Å². The molecule has 0 fully saturated rings. The summed E-state index contributed by atoms with van der Waals surface area (Å²) in [5, 5.41) is 2.68. The molecule has 2 rings (SSSR count). The molecule has 2 aromatic rings. The maximum absolute atomic E-state index is 12.5. The van der Waals surface area contributed by atoms with Crippen molar-refractivity contribution >= 4 is 21.6 Å². The van der Waals surface area contributed by atoms with Gasteiger partial charge in [0.1, 0.15) is 6.04 Å². The van der Waals surface area contributed by atoms with E-state index in [9.17, 15) is 18.0 Å². The predicted molar refractivity (Wildman–Crippen MR) is 98.6 cm³/mol. The maximum atomic E-state index is 12.5. The molecule has 1 aromatic heterocycles. The van der Waals surface area contributed by atoms with Crippen LogP contribution < -0.4 is 11.0 Å². The van der Waals surface area contributed by atoms with Crippen LogP contribution in [-0.2, 0) is 14.8 Å². The van der Waals surface area contributed by atoms with E-state index in [1.807, 2.05) is 0 Å². The van der Waals surface area contributed by atoms with E-state index in [0.29, 0.717) is 17.1 Å². The highest BCUT2D eigenvalue weighted by atomic mass is 32.2. The van der Waals surface area contributed by atoms with Gasteiger partial charge in [-0.1, -0.05) is 0 Å². The molecule has 9 heteroatoms. The first-order valence-corrected chi connectivity index (χ1v) is 9.38. The number of hydrogen-bond donors (Lipinski definition) is 1. The van der Waals surface area contributed by atoms with Crippen LogP contribution in [0.15, 0.2) is 40.0 Å². The number of anilines is 1. The van der Waals surface area contributed by atoms with Gasteiger partial charge in [0, 0.05) is 31.2 Å². The lowest BCUT2D eigenvalue weighted by molar-refractivity contribution is -0.118. The van der Waals surface area contributed by atoms with E-state index in [0.717, 1.165) is 4.31 Å². The third kappa shape index (κ3) is 4.00. The number of rotatable bonds is 5. The number of aryl methyl sites for hydroxylation is 2. The Bertz CT molecular complexity index is 979. The van der Waals surface area contributed by atoms with Gasteiger partial charge in [-0.3, -0.25) is 9.36 Å². The van der Waals surface area contributed by atoms with Gasteiger partial charge < -0.3 is 5.32 Å². The van der Waals surface area contributed by atoms with Crippen molar-refractivity contribution in [2.24, 2.45) is 0 Å². The minimum absolute atomic E-state index is 0.128. The molecular formula is C17H22N4O4S. The summed E-state index contributed by atoms with van der Waals surface area (Å²) in [5.41, 5.74) is 1.18. The zero-order chi connectivity index (χ0) is 19.6. The number of nitrogens with one attached hydrogen (secondary N) is 1. The van der Waals surface area contributed by atoms with Gasteiger partial charge in [-0.2, -0.15) is 4.98 Å². The van der Waals surface area contributed by atoms with Crippen molar-refractivity contribution in [2.75, 3.05) is 19.4 Å². The van der Waals surface area contributed by atoms with Crippen LogP contribution in [0.1, 0.15) is 24.4 Å². The third-order valence-electron chi connectivity index (χ3n) is 3.94. The van der Waals surface area contributed by atoms with E-state index in [-0.39, 0.29) is 4.90 Å². The standard InChI is InChI=1S/C17H22N4O4S/c1-11-10-12(2)21(17(23)18-11)13(3)16(22)19-14-6-8-15(9-7-14)26(24,25)20(4)5/h6-10,13H,1-5H3,(H,19,22). The van der Waals surface area contributed by atoms with Crippen molar-refractivity contribution < 1.29 is 13.2 Å². The molecule has 0 radical (unpaired) electrons. The lowest BCUT2D eigenvalue weighted by Crippen LogP contribution is -2.34. The van der Waals surface area contributed by atoms with Gasteiger partial charge in [0.25, 0.3) is 0 Å². The number of nitrogens with zero attached hydrogens (tertiary/aromatic N) is 3. The highest BCUT2D eigenvalue weighted by molar-refractivity contribution is 7.89. The summed E-state index contributed by atoms with van der Waals surface area (Å²) in [6.07, 6.45) is 0. The second-order valence-electron chi connectivity index (χ2n) is 6.17. The van der Waals surface area contributed by atoms with Gasteiger partial charge in [-0.25, -0.2) is 17.5 Å². The number of carbonyl (C=O) groups excluding carboxylic acids is 1. The molecule has 0 spiro atoms. The topological polar surface area (TPSA) is 101 Å². The van der Waals surface area contributed by atoms with Crippen LogP contribution >= 0.6 is 0 Å². The largest absolute Gasteiger partial charge is 0.348 e. The first-order valence-electron chi connectivity index (χ1n) is 7.94. The summed E-state index contributed by atoms with van der Waals surface area (Å²) >= 11 is 0. The van der Waals surface area contributed by atoms with Gasteiger partial charge in [0.05, 0.1) is 4.90 Å². The van der Waals surface area contributed by atoms with Gasteiger partial charge >= 0.3 is 5.69 Å². The molecule has 1 N–H and O–H groups in total. The van der Waals surface area contributed by atoms with E-state index in [1.54, 1.807) is 26.8 Å². The molecule has 1 unspecified atom stereocenters. The fraction of sp³-hybridized carbons (Fsp3) is 0.353. The van der Waals surface area contributed by atoms with Crippen LogP contribution in [0.4, 0.5) is 5.69 Å². The van der Waals surface area contributed by atoms with E-state index in [4.69, 9.17) is 0 Å². The number of benzene rings is 1. The fourth-order valence-electron chi connectivity index (χ4n) is 2.52. The smallest absolute Gasteiger partial charge is 0.324 e. The lowest BCUT2D eigenvalue weighted by Gasteiger charge is -2.18. The Morgan fingerprint density at radius 2 is 1.77 bits per heavy atom. The maximum Gasteiger partial charge on any atom is 0.348 e. The molecule has 0 saturated carbocycles. The van der Waals surface area contributed by atoms with Crippen LogP contribution in [0.25, 0.3) is 0 Å².